The quantitative estimate of drug-likeness (QED) is 0.783. The Morgan fingerprint density at radius 2 is 1.41 bits per heavy atom. The van der Waals surface area contributed by atoms with E-state index in [9.17, 15) is 0 Å². The lowest BCUT2D eigenvalue weighted by Crippen LogP contribution is -2.60. The van der Waals surface area contributed by atoms with E-state index in [1.54, 1.807) is 0 Å². The van der Waals surface area contributed by atoms with Crippen molar-refractivity contribution in [2.75, 3.05) is 0 Å². The molecule has 0 radical (unpaired) electrons. The summed E-state index contributed by atoms with van der Waals surface area (Å²) in [5.41, 5.74) is -0.0437. The molecule has 0 spiro atoms. The minimum Gasteiger partial charge on any atom is -0.402 e. The van der Waals surface area contributed by atoms with Gasteiger partial charge in [0, 0.05) is 0 Å². The molecular weight excluding hydrogens is 284 g/mol. The fourth-order valence-corrected chi connectivity index (χ4v) is 8.81. The third-order valence-electron chi connectivity index (χ3n) is 5.59. The van der Waals surface area contributed by atoms with Crippen LogP contribution in [0.4, 0.5) is 0 Å². The standard InChI is InChI=1S/C20H26OSi/c1-16(2)20(4)17(3)15-22(21-20,18-11-7-5-8-12-18)19-13-9-6-10-14-19/h5-14,16-17H,15H2,1-4H3/t17-,20-/m1/s1. The maximum absolute atomic E-state index is 7.02. The van der Waals surface area contributed by atoms with Gasteiger partial charge in [-0.05, 0) is 35.2 Å². The molecule has 0 aromatic heterocycles. The zero-order valence-electron chi connectivity index (χ0n) is 14.0. The second kappa shape index (κ2) is 5.67. The SMILES string of the molecule is CC(C)[C@@]1(C)O[Si](c2ccccc2)(c2ccccc2)C[C@H]1C. The van der Waals surface area contributed by atoms with E-state index in [4.69, 9.17) is 4.43 Å². The van der Waals surface area contributed by atoms with E-state index in [0.29, 0.717) is 11.8 Å². The van der Waals surface area contributed by atoms with Crippen molar-refractivity contribution in [3.05, 3.63) is 60.7 Å². The lowest BCUT2D eigenvalue weighted by atomic mass is 9.82. The predicted molar refractivity (Wildman–Crippen MR) is 96.2 cm³/mol. The largest absolute Gasteiger partial charge is 0.402 e. The maximum atomic E-state index is 7.02. The Bertz CT molecular complexity index is 583. The average molecular weight is 311 g/mol. The first-order chi connectivity index (χ1) is 10.5. The molecule has 1 heterocycles. The molecular formula is C20H26OSi. The number of hydrogen-bond donors (Lipinski definition) is 0. The van der Waals surface area contributed by atoms with Crippen molar-refractivity contribution in [3.8, 4) is 0 Å². The van der Waals surface area contributed by atoms with Crippen LogP contribution in [0.15, 0.2) is 60.7 Å². The summed E-state index contributed by atoms with van der Waals surface area (Å²) >= 11 is 0. The summed E-state index contributed by atoms with van der Waals surface area (Å²) in [5, 5.41) is 2.80. The Kier molecular flexibility index (Phi) is 4.00. The van der Waals surface area contributed by atoms with Gasteiger partial charge in [-0.2, -0.15) is 0 Å². The van der Waals surface area contributed by atoms with Crippen molar-refractivity contribution in [1.29, 1.82) is 0 Å². The molecule has 0 saturated carbocycles. The predicted octanol–water partition coefficient (Wildman–Crippen LogP) is 3.83. The molecule has 2 heteroatoms. The zero-order valence-corrected chi connectivity index (χ0v) is 15.0. The van der Waals surface area contributed by atoms with Crippen LogP contribution in [0.5, 0.6) is 0 Å². The van der Waals surface area contributed by atoms with E-state index < -0.39 is 8.32 Å². The summed E-state index contributed by atoms with van der Waals surface area (Å²) in [6.07, 6.45) is 0. The molecule has 2 aromatic rings. The zero-order chi connectivity index (χ0) is 15.8. The van der Waals surface area contributed by atoms with Crippen LogP contribution in [-0.4, -0.2) is 13.9 Å². The summed E-state index contributed by atoms with van der Waals surface area (Å²) in [5.74, 6) is 1.09. The van der Waals surface area contributed by atoms with Crippen molar-refractivity contribution in [2.45, 2.75) is 39.3 Å². The van der Waals surface area contributed by atoms with Gasteiger partial charge >= 0.3 is 0 Å². The molecule has 0 aliphatic carbocycles. The normalized spacial score (nSPS) is 27.2. The van der Waals surface area contributed by atoms with Crippen LogP contribution in [0.1, 0.15) is 27.7 Å². The van der Waals surface area contributed by atoms with Crippen LogP contribution < -0.4 is 10.4 Å². The van der Waals surface area contributed by atoms with Crippen LogP contribution in [0, 0.1) is 11.8 Å². The van der Waals surface area contributed by atoms with Crippen molar-refractivity contribution in [3.63, 3.8) is 0 Å². The molecule has 0 N–H and O–H groups in total. The smallest absolute Gasteiger partial charge is 0.256 e. The Labute approximate surface area is 135 Å². The van der Waals surface area contributed by atoms with Gasteiger partial charge in [0.25, 0.3) is 8.32 Å². The average Bonchev–Trinajstić information content (AvgIpc) is 2.83. The van der Waals surface area contributed by atoms with E-state index in [1.807, 2.05) is 0 Å². The first-order valence-corrected chi connectivity index (χ1v) is 10.4. The summed E-state index contributed by atoms with van der Waals surface area (Å²) in [6, 6.07) is 23.0. The van der Waals surface area contributed by atoms with E-state index in [0.717, 1.165) is 6.04 Å². The highest BCUT2D eigenvalue weighted by atomic mass is 28.4. The first-order valence-electron chi connectivity index (χ1n) is 8.30. The summed E-state index contributed by atoms with van der Waals surface area (Å²) in [7, 11) is -2.15. The van der Waals surface area contributed by atoms with Gasteiger partial charge in [0.15, 0.2) is 0 Å². The van der Waals surface area contributed by atoms with Crippen molar-refractivity contribution in [1.82, 2.24) is 0 Å². The van der Waals surface area contributed by atoms with E-state index in [1.165, 1.54) is 10.4 Å². The second-order valence-electron chi connectivity index (χ2n) is 7.10. The topological polar surface area (TPSA) is 9.23 Å². The van der Waals surface area contributed by atoms with Crippen LogP contribution in [0.2, 0.25) is 6.04 Å². The Morgan fingerprint density at radius 1 is 0.955 bits per heavy atom. The Balaban J connectivity index is 2.15. The summed E-state index contributed by atoms with van der Waals surface area (Å²) in [6.45, 7) is 9.25. The van der Waals surface area contributed by atoms with Gasteiger partial charge in [0.05, 0.1) is 5.60 Å². The van der Waals surface area contributed by atoms with E-state index in [-0.39, 0.29) is 5.60 Å². The Hall–Kier alpha value is -1.38. The van der Waals surface area contributed by atoms with Gasteiger partial charge in [-0.25, -0.2) is 0 Å². The first kappa shape index (κ1) is 15.5. The molecule has 1 saturated heterocycles. The van der Waals surface area contributed by atoms with Crippen LogP contribution in [0.3, 0.4) is 0 Å². The minimum absolute atomic E-state index is 0.0437. The third-order valence-corrected chi connectivity index (χ3v) is 10.1. The molecule has 1 aliphatic rings. The van der Waals surface area contributed by atoms with Gasteiger partial charge < -0.3 is 4.43 Å². The second-order valence-corrected chi connectivity index (χ2v) is 10.5. The molecule has 3 rings (SSSR count). The van der Waals surface area contributed by atoms with Gasteiger partial charge in [0.1, 0.15) is 0 Å². The lowest BCUT2D eigenvalue weighted by molar-refractivity contribution is 0.0219. The highest BCUT2D eigenvalue weighted by Crippen LogP contribution is 2.44. The molecule has 1 fully saturated rings. The summed E-state index contributed by atoms with van der Waals surface area (Å²) < 4.78 is 7.02. The fourth-order valence-electron chi connectivity index (χ4n) is 3.77. The third kappa shape index (κ3) is 2.35. The van der Waals surface area contributed by atoms with E-state index >= 15 is 0 Å². The molecule has 1 nitrogen and oxygen atoms in total. The van der Waals surface area contributed by atoms with Gasteiger partial charge in [-0.3, -0.25) is 0 Å². The monoisotopic (exact) mass is 310 g/mol. The van der Waals surface area contributed by atoms with E-state index in [2.05, 4.69) is 88.4 Å². The molecule has 0 bridgehead atoms. The lowest BCUT2D eigenvalue weighted by Gasteiger charge is -2.37. The van der Waals surface area contributed by atoms with Gasteiger partial charge in [-0.1, -0.05) is 81.4 Å². The number of benzene rings is 2. The number of rotatable bonds is 3. The minimum atomic E-state index is -2.15. The fraction of sp³-hybridized carbons (Fsp3) is 0.400. The molecule has 1 aliphatic heterocycles. The highest BCUT2D eigenvalue weighted by molar-refractivity contribution is 6.98. The Morgan fingerprint density at radius 3 is 1.77 bits per heavy atom. The molecule has 116 valence electrons. The van der Waals surface area contributed by atoms with Gasteiger partial charge in [-0.15, -0.1) is 0 Å². The maximum Gasteiger partial charge on any atom is 0.256 e. The molecule has 0 unspecified atom stereocenters. The molecule has 2 atom stereocenters. The highest BCUT2D eigenvalue weighted by Gasteiger charge is 2.56. The van der Waals surface area contributed by atoms with Crippen molar-refractivity contribution >= 4 is 18.7 Å². The van der Waals surface area contributed by atoms with Gasteiger partial charge in [0.2, 0.25) is 0 Å². The summed E-state index contributed by atoms with van der Waals surface area (Å²) in [4.78, 5) is 0. The van der Waals surface area contributed by atoms with Crippen molar-refractivity contribution < 1.29 is 4.43 Å². The molecule has 22 heavy (non-hydrogen) atoms. The van der Waals surface area contributed by atoms with Crippen LogP contribution in [0.25, 0.3) is 0 Å². The molecule has 2 aromatic carbocycles. The van der Waals surface area contributed by atoms with Crippen molar-refractivity contribution in [2.24, 2.45) is 11.8 Å². The molecule has 0 amide bonds. The number of hydrogen-bond acceptors (Lipinski definition) is 1. The van der Waals surface area contributed by atoms with Crippen LogP contribution >= 0.6 is 0 Å². The van der Waals surface area contributed by atoms with Crippen LogP contribution in [-0.2, 0) is 4.43 Å².